The number of hydrogen-bond acceptors (Lipinski definition) is 2. The lowest BCUT2D eigenvalue weighted by Crippen LogP contribution is -2.21. The van der Waals surface area contributed by atoms with E-state index in [-0.39, 0.29) is 0 Å². The molecule has 1 aromatic carbocycles. The van der Waals surface area contributed by atoms with Gasteiger partial charge in [0.15, 0.2) is 0 Å². The molecule has 0 spiro atoms. The van der Waals surface area contributed by atoms with Gasteiger partial charge < -0.3 is 4.74 Å². The van der Waals surface area contributed by atoms with Crippen LogP contribution in [0.2, 0.25) is 0 Å². The first-order chi connectivity index (χ1) is 6.08. The number of carbonyl (C=O) groups excluding carboxylic acids is 1. The lowest BCUT2D eigenvalue weighted by atomic mass is 9.94. The highest BCUT2D eigenvalue weighted by molar-refractivity contribution is 5.41. The van der Waals surface area contributed by atoms with Crippen molar-refractivity contribution in [1.82, 2.24) is 0 Å². The minimum absolute atomic E-state index is 0.492. The van der Waals surface area contributed by atoms with E-state index in [1.54, 1.807) is 0 Å². The second kappa shape index (κ2) is 3.60. The Labute approximate surface area is 78.5 Å². The lowest BCUT2D eigenvalue weighted by Gasteiger charge is -2.24. The summed E-state index contributed by atoms with van der Waals surface area (Å²) in [6.45, 7) is 6.26. The second-order valence-electron chi connectivity index (χ2n) is 3.54. The molecule has 70 valence electrons. The van der Waals surface area contributed by atoms with E-state index in [4.69, 9.17) is 4.74 Å². The maximum absolute atomic E-state index is 10.3. The summed E-state index contributed by atoms with van der Waals surface area (Å²) in [5, 5.41) is 0. The molecule has 0 saturated heterocycles. The van der Waals surface area contributed by atoms with Gasteiger partial charge in [-0.1, -0.05) is 24.3 Å². The molecule has 2 nitrogen and oxygen atoms in total. The van der Waals surface area contributed by atoms with Gasteiger partial charge in [-0.3, -0.25) is 4.79 Å². The fourth-order valence-electron chi connectivity index (χ4n) is 1.43. The summed E-state index contributed by atoms with van der Waals surface area (Å²) in [4.78, 5) is 10.3. The van der Waals surface area contributed by atoms with Crippen molar-refractivity contribution in [3.63, 3.8) is 0 Å². The Bertz CT molecular complexity index is 303. The molecule has 0 saturated carbocycles. The molecule has 0 aromatic heterocycles. The summed E-state index contributed by atoms with van der Waals surface area (Å²) in [7, 11) is 0. The maximum atomic E-state index is 10.3. The third-order valence-corrected chi connectivity index (χ3v) is 2.14. The van der Waals surface area contributed by atoms with Gasteiger partial charge >= 0.3 is 0 Å². The molecular weight excluding hydrogens is 164 g/mol. The van der Waals surface area contributed by atoms with Crippen molar-refractivity contribution < 1.29 is 9.53 Å². The van der Waals surface area contributed by atoms with Crippen molar-refractivity contribution >= 4 is 6.47 Å². The van der Waals surface area contributed by atoms with Gasteiger partial charge in [0.25, 0.3) is 6.47 Å². The third-order valence-electron chi connectivity index (χ3n) is 2.14. The smallest absolute Gasteiger partial charge is 0.293 e. The van der Waals surface area contributed by atoms with Crippen molar-refractivity contribution in [2.24, 2.45) is 0 Å². The molecule has 0 N–H and O–H groups in total. The average Bonchev–Trinajstić information content (AvgIpc) is 2.04. The van der Waals surface area contributed by atoms with Crippen molar-refractivity contribution in [3.05, 3.63) is 35.4 Å². The van der Waals surface area contributed by atoms with Crippen LogP contribution in [0.1, 0.15) is 25.0 Å². The number of hydrogen-bond donors (Lipinski definition) is 0. The van der Waals surface area contributed by atoms with Crippen LogP contribution in [0.5, 0.6) is 0 Å². The van der Waals surface area contributed by atoms with Gasteiger partial charge in [-0.05, 0) is 31.9 Å². The first-order valence-electron chi connectivity index (χ1n) is 4.25. The highest BCUT2D eigenvalue weighted by Gasteiger charge is 2.22. The number of aryl methyl sites for hydroxylation is 1. The summed E-state index contributed by atoms with van der Waals surface area (Å²) in [6.07, 6.45) is 0. The van der Waals surface area contributed by atoms with E-state index in [0.717, 1.165) is 11.1 Å². The topological polar surface area (TPSA) is 26.3 Å². The van der Waals surface area contributed by atoms with Gasteiger partial charge in [-0.15, -0.1) is 0 Å². The van der Waals surface area contributed by atoms with Gasteiger partial charge in [0.1, 0.15) is 5.60 Å². The highest BCUT2D eigenvalue weighted by atomic mass is 16.5. The molecule has 0 bridgehead atoms. The molecule has 0 unspecified atom stereocenters. The minimum Gasteiger partial charge on any atom is -0.457 e. The molecule has 1 aromatic rings. The molecule has 1 rings (SSSR count). The fourth-order valence-corrected chi connectivity index (χ4v) is 1.43. The first kappa shape index (κ1) is 9.78. The van der Waals surface area contributed by atoms with E-state index in [1.165, 1.54) is 0 Å². The number of rotatable bonds is 3. The van der Waals surface area contributed by atoms with Crippen LogP contribution >= 0.6 is 0 Å². The molecule has 0 amide bonds. The molecule has 13 heavy (non-hydrogen) atoms. The van der Waals surface area contributed by atoms with Gasteiger partial charge in [0.05, 0.1) is 0 Å². The van der Waals surface area contributed by atoms with Gasteiger partial charge in [0.2, 0.25) is 0 Å². The zero-order valence-corrected chi connectivity index (χ0v) is 8.20. The lowest BCUT2D eigenvalue weighted by molar-refractivity contribution is -0.141. The Hall–Kier alpha value is -1.31. The van der Waals surface area contributed by atoms with E-state index in [0.29, 0.717) is 6.47 Å². The predicted octanol–water partition coefficient (Wildman–Crippen LogP) is 2.40. The van der Waals surface area contributed by atoms with Crippen molar-refractivity contribution in [2.45, 2.75) is 26.4 Å². The van der Waals surface area contributed by atoms with E-state index in [1.807, 2.05) is 45.0 Å². The van der Waals surface area contributed by atoms with E-state index < -0.39 is 5.60 Å². The van der Waals surface area contributed by atoms with Crippen LogP contribution in [0.15, 0.2) is 24.3 Å². The van der Waals surface area contributed by atoms with Crippen molar-refractivity contribution in [1.29, 1.82) is 0 Å². The molecular formula is C11H14O2. The third kappa shape index (κ3) is 2.08. The standard InChI is InChI=1S/C11H14O2/c1-9-6-4-5-7-10(9)11(2,3)13-8-12/h4-8H,1-3H3. The zero-order chi connectivity index (χ0) is 9.90. The highest BCUT2D eigenvalue weighted by Crippen LogP contribution is 2.26. The molecule has 2 heteroatoms. The van der Waals surface area contributed by atoms with Crippen molar-refractivity contribution in [2.75, 3.05) is 0 Å². The molecule has 0 aliphatic heterocycles. The van der Waals surface area contributed by atoms with Crippen LogP contribution in [0.25, 0.3) is 0 Å². The molecule has 0 atom stereocenters. The summed E-state index contributed by atoms with van der Waals surface area (Å²) in [5.74, 6) is 0. The average molecular weight is 178 g/mol. The summed E-state index contributed by atoms with van der Waals surface area (Å²) in [6, 6.07) is 7.89. The molecule has 0 fully saturated rings. The van der Waals surface area contributed by atoms with E-state index >= 15 is 0 Å². The molecule has 0 aliphatic carbocycles. The van der Waals surface area contributed by atoms with Crippen LogP contribution in [0, 0.1) is 6.92 Å². The van der Waals surface area contributed by atoms with Gasteiger partial charge in [0, 0.05) is 0 Å². The Balaban J connectivity index is 3.06. The molecule has 0 radical (unpaired) electrons. The molecule has 0 aliphatic rings. The molecule has 0 heterocycles. The Kier molecular flexibility index (Phi) is 2.71. The van der Waals surface area contributed by atoms with Gasteiger partial charge in [-0.25, -0.2) is 0 Å². The first-order valence-corrected chi connectivity index (χ1v) is 4.25. The Morgan fingerprint density at radius 1 is 1.31 bits per heavy atom. The Morgan fingerprint density at radius 2 is 1.92 bits per heavy atom. The number of carbonyl (C=O) groups is 1. The second-order valence-corrected chi connectivity index (χ2v) is 3.54. The normalized spacial score (nSPS) is 11.0. The quantitative estimate of drug-likeness (QED) is 0.664. The van der Waals surface area contributed by atoms with Crippen LogP contribution in [0.3, 0.4) is 0 Å². The summed E-state index contributed by atoms with van der Waals surface area (Å²) in [5.41, 5.74) is 1.64. The SMILES string of the molecule is Cc1ccccc1C(C)(C)OC=O. The monoisotopic (exact) mass is 178 g/mol. The predicted molar refractivity (Wildman–Crippen MR) is 51.4 cm³/mol. The zero-order valence-electron chi connectivity index (χ0n) is 8.20. The summed E-state index contributed by atoms with van der Waals surface area (Å²) < 4.78 is 5.02. The largest absolute Gasteiger partial charge is 0.457 e. The number of ether oxygens (including phenoxy) is 1. The number of benzene rings is 1. The van der Waals surface area contributed by atoms with Crippen LogP contribution in [-0.2, 0) is 15.1 Å². The maximum Gasteiger partial charge on any atom is 0.293 e. The summed E-state index contributed by atoms with van der Waals surface area (Å²) >= 11 is 0. The van der Waals surface area contributed by atoms with Crippen LogP contribution in [0.4, 0.5) is 0 Å². The fraction of sp³-hybridized carbons (Fsp3) is 0.364. The van der Waals surface area contributed by atoms with E-state index in [9.17, 15) is 4.79 Å². The van der Waals surface area contributed by atoms with E-state index in [2.05, 4.69) is 0 Å². The van der Waals surface area contributed by atoms with Crippen LogP contribution < -0.4 is 0 Å². The van der Waals surface area contributed by atoms with Crippen molar-refractivity contribution in [3.8, 4) is 0 Å². The minimum atomic E-state index is -0.535. The van der Waals surface area contributed by atoms with Gasteiger partial charge in [-0.2, -0.15) is 0 Å². The van der Waals surface area contributed by atoms with Crippen LogP contribution in [-0.4, -0.2) is 6.47 Å². The Morgan fingerprint density at radius 3 is 2.46 bits per heavy atom.